The highest BCUT2D eigenvalue weighted by Gasteiger charge is 2.58. The second-order valence-electron chi connectivity index (χ2n) is 18.5. The van der Waals surface area contributed by atoms with E-state index in [0.29, 0.717) is 16.9 Å². The first kappa shape index (κ1) is 41.2. The predicted octanol–water partition coefficient (Wildman–Crippen LogP) is 17.5. The molecule has 0 fully saturated rings. The van der Waals surface area contributed by atoms with Gasteiger partial charge in [0.05, 0.1) is 36.2 Å². The fourth-order valence-corrected chi connectivity index (χ4v) is 11.7. The third kappa shape index (κ3) is 6.00. The van der Waals surface area contributed by atoms with E-state index in [2.05, 4.69) is 192 Å². The van der Waals surface area contributed by atoms with E-state index >= 15 is 0 Å². The molecular formula is C64H43N5. The summed E-state index contributed by atoms with van der Waals surface area (Å²) in [5, 5.41) is 14.4. The van der Waals surface area contributed by atoms with Gasteiger partial charge < -0.3 is 9.80 Å². The Morgan fingerprint density at radius 2 is 0.768 bits per heavy atom. The number of benzene rings is 10. The Balaban J connectivity index is 1.19. The van der Waals surface area contributed by atoms with E-state index in [1.807, 2.05) is 60.7 Å². The Kier molecular flexibility index (Phi) is 9.39. The monoisotopic (exact) mass is 881 g/mol. The SMILES string of the molecule is [C-]#[N+]c1ccc(N(c2ccc(C)cc2)c2cc3c(c4ccccc24)-c2ccccc2C3(C)C2(C)c3ccccc3-c3c2cc(N(c2ccc(C#N)cc2)c2ccc([N+]#[C-])cc2)c2ccccc32)cc1. The summed E-state index contributed by atoms with van der Waals surface area (Å²) in [6.45, 7) is 22.6. The second-order valence-corrected chi connectivity index (χ2v) is 18.5. The van der Waals surface area contributed by atoms with Gasteiger partial charge in [-0.15, -0.1) is 0 Å². The largest absolute Gasteiger partial charge is 0.310 e. The average Bonchev–Trinajstić information content (AvgIpc) is 3.83. The van der Waals surface area contributed by atoms with E-state index in [0.717, 1.165) is 50.3 Å². The number of nitriles is 1. The summed E-state index contributed by atoms with van der Waals surface area (Å²) in [7, 11) is 0. The molecule has 0 heterocycles. The zero-order valence-electron chi connectivity index (χ0n) is 38.4. The number of hydrogen-bond acceptors (Lipinski definition) is 3. The van der Waals surface area contributed by atoms with Gasteiger partial charge in [0.2, 0.25) is 0 Å². The molecule has 12 rings (SSSR count). The fourth-order valence-electron chi connectivity index (χ4n) is 11.7. The predicted molar refractivity (Wildman–Crippen MR) is 283 cm³/mol. The number of aryl methyl sites for hydroxylation is 1. The first-order chi connectivity index (χ1) is 33.8. The van der Waals surface area contributed by atoms with Crippen molar-refractivity contribution in [1.29, 1.82) is 5.26 Å². The molecule has 5 heteroatoms. The van der Waals surface area contributed by atoms with Crippen LogP contribution in [-0.4, -0.2) is 0 Å². The molecule has 2 atom stereocenters. The van der Waals surface area contributed by atoms with Crippen molar-refractivity contribution in [3.63, 3.8) is 0 Å². The van der Waals surface area contributed by atoms with Crippen LogP contribution in [0, 0.1) is 31.4 Å². The van der Waals surface area contributed by atoms with Crippen LogP contribution in [0.2, 0.25) is 0 Å². The van der Waals surface area contributed by atoms with Crippen molar-refractivity contribution < 1.29 is 0 Å². The van der Waals surface area contributed by atoms with E-state index in [1.54, 1.807) is 0 Å². The van der Waals surface area contributed by atoms with Crippen molar-refractivity contribution in [2.75, 3.05) is 9.80 Å². The van der Waals surface area contributed by atoms with E-state index in [-0.39, 0.29) is 0 Å². The molecule has 0 aliphatic heterocycles. The van der Waals surface area contributed by atoms with Crippen LogP contribution in [0.3, 0.4) is 0 Å². The van der Waals surface area contributed by atoms with Gasteiger partial charge in [-0.3, -0.25) is 0 Å². The molecular weight excluding hydrogens is 839 g/mol. The molecule has 0 amide bonds. The Bertz CT molecular complexity index is 3790. The van der Waals surface area contributed by atoms with Crippen molar-refractivity contribution in [2.45, 2.75) is 31.6 Å². The first-order valence-electron chi connectivity index (χ1n) is 23.2. The van der Waals surface area contributed by atoms with Crippen LogP contribution in [-0.2, 0) is 10.8 Å². The molecule has 2 aliphatic carbocycles. The molecule has 0 radical (unpaired) electrons. The molecule has 10 aromatic carbocycles. The van der Waals surface area contributed by atoms with E-state index in [4.69, 9.17) is 13.1 Å². The van der Waals surface area contributed by atoms with Gasteiger partial charge in [-0.2, -0.15) is 5.26 Å². The lowest BCUT2D eigenvalue weighted by Gasteiger charge is -2.46. The maximum Gasteiger partial charge on any atom is 0.187 e. The molecule has 0 bridgehead atoms. The number of fused-ring (bicyclic) bond motifs is 10. The lowest BCUT2D eigenvalue weighted by molar-refractivity contribution is 0.376. The van der Waals surface area contributed by atoms with E-state index in [1.165, 1.54) is 55.5 Å². The van der Waals surface area contributed by atoms with E-state index < -0.39 is 10.8 Å². The summed E-state index contributed by atoms with van der Waals surface area (Å²) in [4.78, 5) is 12.1. The van der Waals surface area contributed by atoms with Gasteiger partial charge in [0, 0.05) is 44.4 Å². The molecule has 0 saturated carbocycles. The van der Waals surface area contributed by atoms with Crippen LogP contribution in [0.15, 0.2) is 206 Å². The summed E-state index contributed by atoms with van der Waals surface area (Å²) < 4.78 is 0. The topological polar surface area (TPSA) is 39.0 Å². The molecule has 0 aromatic heterocycles. The molecule has 2 unspecified atom stereocenters. The van der Waals surface area contributed by atoms with Crippen molar-refractivity contribution in [1.82, 2.24) is 0 Å². The summed E-state index contributed by atoms with van der Waals surface area (Å²) in [5.74, 6) is 0. The zero-order chi connectivity index (χ0) is 47.0. The third-order valence-corrected chi connectivity index (χ3v) is 15.1. The molecule has 2 aliphatic rings. The van der Waals surface area contributed by atoms with Gasteiger partial charge in [-0.25, -0.2) is 9.69 Å². The van der Waals surface area contributed by atoms with Crippen molar-refractivity contribution >= 4 is 67.0 Å². The molecule has 0 spiro atoms. The summed E-state index contributed by atoms with van der Waals surface area (Å²) in [6, 6.07) is 75.1. The summed E-state index contributed by atoms with van der Waals surface area (Å²) >= 11 is 0. The Morgan fingerprint density at radius 3 is 1.16 bits per heavy atom. The minimum atomic E-state index is -0.644. The Hall–Kier alpha value is -9.21. The standard InChI is InChI=1S/C64H43N5/c1-41-22-30-45(31-23-41)68(47-34-26-43(66-4)27-35-47)59-38-57-61(51-16-8-6-14-49(51)59)53-18-10-12-20-55(53)63(57,2)64(3)56-21-13-11-19-54(56)62-52-17-9-7-15-50(52)60(39-58(62)64)69(46-32-24-42(40-65)25-33-46)48-36-28-44(67-5)29-37-48/h6-39H,1-3H3. The van der Waals surface area contributed by atoms with E-state index in [9.17, 15) is 5.26 Å². The van der Waals surface area contributed by atoms with Crippen LogP contribution in [0.25, 0.3) is 53.5 Å². The minimum Gasteiger partial charge on any atom is -0.310 e. The fraction of sp³-hybridized carbons (Fsp3) is 0.0781. The number of nitrogens with zero attached hydrogens (tertiary/aromatic N) is 5. The second kappa shape index (κ2) is 15.7. The molecule has 5 nitrogen and oxygen atoms in total. The number of rotatable bonds is 7. The minimum absolute atomic E-state index is 0.570. The molecule has 0 N–H and O–H groups in total. The Labute approximate surface area is 402 Å². The van der Waals surface area contributed by atoms with Crippen molar-refractivity contribution in [3.8, 4) is 28.3 Å². The lowest BCUT2D eigenvalue weighted by Crippen LogP contribution is -2.44. The highest BCUT2D eigenvalue weighted by Crippen LogP contribution is 2.67. The van der Waals surface area contributed by atoms with Gasteiger partial charge >= 0.3 is 0 Å². The smallest absolute Gasteiger partial charge is 0.187 e. The molecule has 324 valence electrons. The van der Waals surface area contributed by atoms with Crippen LogP contribution < -0.4 is 9.80 Å². The van der Waals surface area contributed by atoms with Crippen LogP contribution in [0.5, 0.6) is 0 Å². The molecule has 0 saturated heterocycles. The number of anilines is 6. The summed E-state index contributed by atoms with van der Waals surface area (Å²) in [5.41, 5.74) is 17.5. The maximum absolute atomic E-state index is 9.86. The highest BCUT2D eigenvalue weighted by atomic mass is 15.2. The average molecular weight is 882 g/mol. The normalized spacial score (nSPS) is 16.1. The zero-order valence-corrected chi connectivity index (χ0v) is 38.4. The van der Waals surface area contributed by atoms with Gasteiger partial charge in [0.15, 0.2) is 11.4 Å². The molecule has 69 heavy (non-hydrogen) atoms. The van der Waals surface area contributed by atoms with Crippen LogP contribution in [0.1, 0.15) is 47.2 Å². The van der Waals surface area contributed by atoms with Crippen LogP contribution >= 0.6 is 0 Å². The Morgan fingerprint density at radius 1 is 0.420 bits per heavy atom. The van der Waals surface area contributed by atoms with Crippen molar-refractivity contribution in [2.24, 2.45) is 0 Å². The first-order valence-corrected chi connectivity index (χ1v) is 23.2. The maximum atomic E-state index is 9.86. The lowest BCUT2D eigenvalue weighted by atomic mass is 9.56. The van der Waals surface area contributed by atoms with Gasteiger partial charge in [0.25, 0.3) is 0 Å². The van der Waals surface area contributed by atoms with Crippen LogP contribution in [0.4, 0.5) is 45.5 Å². The molecule has 10 aromatic rings. The quantitative estimate of drug-likeness (QED) is 0.150. The van der Waals surface area contributed by atoms with Crippen molar-refractivity contribution in [3.05, 3.63) is 262 Å². The summed E-state index contributed by atoms with van der Waals surface area (Å²) in [6.07, 6.45) is 0. The van der Waals surface area contributed by atoms with Gasteiger partial charge in [0.1, 0.15) is 0 Å². The number of hydrogen-bond donors (Lipinski definition) is 0. The van der Waals surface area contributed by atoms with Gasteiger partial charge in [-0.1, -0.05) is 153 Å². The third-order valence-electron chi connectivity index (χ3n) is 15.1. The highest BCUT2D eigenvalue weighted by molar-refractivity contribution is 6.13. The van der Waals surface area contributed by atoms with Gasteiger partial charge in [-0.05, 0) is 135 Å².